The molecule has 4 nitrogen and oxygen atoms in total. The van der Waals surface area contributed by atoms with Crippen LogP contribution in [0.2, 0.25) is 5.02 Å². The lowest BCUT2D eigenvalue weighted by Gasteiger charge is -2.08. The van der Waals surface area contributed by atoms with E-state index in [1.165, 1.54) is 0 Å². The van der Waals surface area contributed by atoms with Crippen LogP contribution in [0, 0.1) is 6.92 Å². The first-order valence-corrected chi connectivity index (χ1v) is 6.59. The quantitative estimate of drug-likeness (QED) is 0.846. The van der Waals surface area contributed by atoms with Gasteiger partial charge in [-0.25, -0.2) is 0 Å². The van der Waals surface area contributed by atoms with Crippen LogP contribution in [0.3, 0.4) is 0 Å². The van der Waals surface area contributed by atoms with Gasteiger partial charge in [0.15, 0.2) is 0 Å². The normalized spacial score (nSPS) is 12.6. The van der Waals surface area contributed by atoms with E-state index in [1.54, 1.807) is 6.92 Å². The predicted octanol–water partition coefficient (Wildman–Crippen LogP) is 2.56. The molecule has 5 heteroatoms. The van der Waals surface area contributed by atoms with Crippen molar-refractivity contribution in [1.29, 1.82) is 0 Å². The number of aryl methyl sites for hydroxylation is 1. The zero-order chi connectivity index (χ0) is 14.0. The summed E-state index contributed by atoms with van der Waals surface area (Å²) in [5, 5.41) is 1.78. The largest absolute Gasteiger partial charge is 0.465 e. The Morgan fingerprint density at radius 1 is 1.53 bits per heavy atom. The lowest BCUT2D eigenvalue weighted by molar-refractivity contribution is -0.144. The molecule has 0 aliphatic heterocycles. The number of nitrogens with one attached hydrogen (secondary N) is 1. The Hall–Kier alpha value is -1.52. The summed E-state index contributed by atoms with van der Waals surface area (Å²) in [6, 6.07) is 5.14. The van der Waals surface area contributed by atoms with E-state index < -0.39 is 6.04 Å². The number of aromatic amines is 1. The highest BCUT2D eigenvalue weighted by atomic mass is 35.5. The van der Waals surface area contributed by atoms with Gasteiger partial charge in [-0.15, -0.1) is 0 Å². The maximum Gasteiger partial charge on any atom is 0.323 e. The number of aromatic nitrogens is 1. The molecule has 1 unspecified atom stereocenters. The molecule has 0 radical (unpaired) electrons. The third-order valence-electron chi connectivity index (χ3n) is 3.08. The smallest absolute Gasteiger partial charge is 0.323 e. The molecule has 0 saturated carbocycles. The van der Waals surface area contributed by atoms with Crippen LogP contribution in [0.1, 0.15) is 18.2 Å². The van der Waals surface area contributed by atoms with Crippen LogP contribution in [-0.2, 0) is 16.0 Å². The minimum Gasteiger partial charge on any atom is -0.465 e. The maximum absolute atomic E-state index is 11.5. The SMILES string of the molecule is CCOC(=O)C(N)Cc1cc2ccc(Cl)c(C)c2[nH]1. The first-order chi connectivity index (χ1) is 9.02. The fraction of sp³-hybridized carbons (Fsp3) is 0.357. The molecule has 0 saturated heterocycles. The summed E-state index contributed by atoms with van der Waals surface area (Å²) in [6.45, 7) is 4.06. The van der Waals surface area contributed by atoms with Crippen LogP contribution < -0.4 is 5.73 Å². The molecule has 1 heterocycles. The van der Waals surface area contributed by atoms with Gasteiger partial charge in [0.25, 0.3) is 0 Å². The van der Waals surface area contributed by atoms with Gasteiger partial charge in [0, 0.05) is 22.5 Å². The van der Waals surface area contributed by atoms with Crippen LogP contribution in [0.5, 0.6) is 0 Å². The second-order valence-electron chi connectivity index (χ2n) is 4.49. The molecule has 0 aliphatic carbocycles. The summed E-state index contributed by atoms with van der Waals surface area (Å²) in [7, 11) is 0. The summed E-state index contributed by atoms with van der Waals surface area (Å²) < 4.78 is 4.89. The number of benzene rings is 1. The van der Waals surface area contributed by atoms with Crippen molar-refractivity contribution in [2.24, 2.45) is 5.73 Å². The van der Waals surface area contributed by atoms with Gasteiger partial charge in [-0.05, 0) is 31.5 Å². The molecule has 2 aromatic rings. The van der Waals surface area contributed by atoms with Crippen molar-refractivity contribution >= 4 is 28.5 Å². The topological polar surface area (TPSA) is 68.1 Å². The molecule has 1 aromatic carbocycles. The number of fused-ring (bicyclic) bond motifs is 1. The second kappa shape index (κ2) is 5.63. The number of hydrogen-bond donors (Lipinski definition) is 2. The van der Waals surface area contributed by atoms with Gasteiger partial charge in [0.2, 0.25) is 0 Å². The number of nitrogens with two attached hydrogens (primary N) is 1. The van der Waals surface area contributed by atoms with Crippen molar-refractivity contribution in [3.63, 3.8) is 0 Å². The Bertz CT molecular complexity index is 607. The molecule has 0 fully saturated rings. The van der Waals surface area contributed by atoms with Crippen LogP contribution in [0.4, 0.5) is 0 Å². The van der Waals surface area contributed by atoms with Crippen molar-refractivity contribution < 1.29 is 9.53 Å². The van der Waals surface area contributed by atoms with Crippen molar-refractivity contribution in [3.05, 3.63) is 34.5 Å². The van der Waals surface area contributed by atoms with Gasteiger partial charge in [-0.3, -0.25) is 4.79 Å². The minimum atomic E-state index is -0.649. The number of hydrogen-bond acceptors (Lipinski definition) is 3. The summed E-state index contributed by atoms with van der Waals surface area (Å²) in [4.78, 5) is 14.8. The lowest BCUT2D eigenvalue weighted by Crippen LogP contribution is -2.34. The Morgan fingerprint density at radius 2 is 2.26 bits per heavy atom. The van der Waals surface area contributed by atoms with E-state index in [0.717, 1.165) is 27.2 Å². The van der Waals surface area contributed by atoms with E-state index in [2.05, 4.69) is 4.98 Å². The monoisotopic (exact) mass is 280 g/mol. The molecule has 1 atom stereocenters. The first-order valence-electron chi connectivity index (χ1n) is 6.21. The van der Waals surface area contributed by atoms with E-state index in [-0.39, 0.29) is 5.97 Å². The number of halogens is 1. The summed E-state index contributed by atoms with van der Waals surface area (Å²) in [5.41, 5.74) is 8.69. The molecule has 19 heavy (non-hydrogen) atoms. The fourth-order valence-corrected chi connectivity index (χ4v) is 2.21. The summed E-state index contributed by atoms with van der Waals surface area (Å²) in [6.07, 6.45) is 0.421. The molecule has 102 valence electrons. The number of carbonyl (C=O) groups excluding carboxylic acids is 1. The van der Waals surface area contributed by atoms with Crippen LogP contribution >= 0.6 is 11.6 Å². The van der Waals surface area contributed by atoms with E-state index in [0.29, 0.717) is 13.0 Å². The van der Waals surface area contributed by atoms with E-state index in [9.17, 15) is 4.79 Å². The van der Waals surface area contributed by atoms with Crippen molar-refractivity contribution in [2.75, 3.05) is 6.61 Å². The van der Waals surface area contributed by atoms with E-state index in [4.69, 9.17) is 22.1 Å². The first kappa shape index (κ1) is 13.9. The van der Waals surface area contributed by atoms with Crippen LogP contribution in [0.25, 0.3) is 10.9 Å². The molecular weight excluding hydrogens is 264 g/mol. The minimum absolute atomic E-state index is 0.341. The zero-order valence-electron chi connectivity index (χ0n) is 11.0. The average Bonchev–Trinajstić information content (AvgIpc) is 2.77. The standard InChI is InChI=1S/C14H17ClN2O2/c1-3-19-14(18)12(16)7-10-6-9-4-5-11(15)8(2)13(9)17-10/h4-6,12,17H,3,7,16H2,1-2H3. The Kier molecular flexibility index (Phi) is 4.12. The van der Waals surface area contributed by atoms with Crippen LogP contribution in [-0.4, -0.2) is 23.6 Å². The van der Waals surface area contributed by atoms with Gasteiger partial charge in [0.1, 0.15) is 6.04 Å². The van der Waals surface area contributed by atoms with Crippen molar-refractivity contribution in [2.45, 2.75) is 26.3 Å². The van der Waals surface area contributed by atoms with Gasteiger partial charge in [-0.2, -0.15) is 0 Å². The molecule has 2 rings (SSSR count). The average molecular weight is 281 g/mol. The van der Waals surface area contributed by atoms with E-state index >= 15 is 0 Å². The highest BCUT2D eigenvalue weighted by molar-refractivity contribution is 6.32. The highest BCUT2D eigenvalue weighted by Crippen LogP contribution is 2.25. The maximum atomic E-state index is 11.5. The molecule has 0 spiro atoms. The highest BCUT2D eigenvalue weighted by Gasteiger charge is 2.16. The molecule has 3 N–H and O–H groups in total. The summed E-state index contributed by atoms with van der Waals surface area (Å²) >= 11 is 6.08. The van der Waals surface area contributed by atoms with Crippen LogP contribution in [0.15, 0.2) is 18.2 Å². The Balaban J connectivity index is 2.22. The number of rotatable bonds is 4. The van der Waals surface area contributed by atoms with Gasteiger partial charge in [0.05, 0.1) is 12.1 Å². The van der Waals surface area contributed by atoms with Gasteiger partial charge < -0.3 is 15.5 Å². The third kappa shape index (κ3) is 2.91. The van der Waals surface area contributed by atoms with Crippen molar-refractivity contribution in [3.8, 4) is 0 Å². The number of ether oxygens (including phenoxy) is 1. The molecule has 0 bridgehead atoms. The fourth-order valence-electron chi connectivity index (χ4n) is 2.06. The lowest BCUT2D eigenvalue weighted by atomic mass is 10.1. The second-order valence-corrected chi connectivity index (χ2v) is 4.90. The predicted molar refractivity (Wildman–Crippen MR) is 76.4 cm³/mol. The molecule has 0 amide bonds. The Labute approximate surface area is 116 Å². The van der Waals surface area contributed by atoms with Gasteiger partial charge in [-0.1, -0.05) is 17.7 Å². The summed E-state index contributed by atoms with van der Waals surface area (Å²) in [5.74, 6) is -0.379. The van der Waals surface area contributed by atoms with E-state index in [1.807, 2.05) is 25.1 Å². The number of esters is 1. The molecule has 0 aliphatic rings. The Morgan fingerprint density at radius 3 is 2.95 bits per heavy atom. The number of carbonyl (C=O) groups is 1. The molecular formula is C14H17ClN2O2. The van der Waals surface area contributed by atoms with Crippen molar-refractivity contribution in [1.82, 2.24) is 4.98 Å². The molecule has 1 aromatic heterocycles. The number of H-pyrrole nitrogens is 1. The zero-order valence-corrected chi connectivity index (χ0v) is 11.8. The third-order valence-corrected chi connectivity index (χ3v) is 3.49. The van der Waals surface area contributed by atoms with Gasteiger partial charge >= 0.3 is 5.97 Å².